The van der Waals surface area contributed by atoms with Crippen molar-refractivity contribution in [3.63, 3.8) is 0 Å². The van der Waals surface area contributed by atoms with Crippen molar-refractivity contribution in [1.82, 2.24) is 9.97 Å². The van der Waals surface area contributed by atoms with Crippen LogP contribution in [-0.4, -0.2) is 43.8 Å². The molecule has 0 fully saturated rings. The zero-order valence-corrected chi connectivity index (χ0v) is 12.4. The molecule has 1 aromatic rings. The Morgan fingerprint density at radius 3 is 2.16 bits per heavy atom. The first-order valence-corrected chi connectivity index (χ1v) is 6.41. The number of hydrogen-bond acceptors (Lipinski definition) is 6. The van der Waals surface area contributed by atoms with Crippen molar-refractivity contribution in [2.75, 3.05) is 32.7 Å². The topological polar surface area (TPSA) is 73.5 Å². The van der Waals surface area contributed by atoms with Gasteiger partial charge in [-0.2, -0.15) is 9.97 Å². The van der Waals surface area contributed by atoms with Crippen LogP contribution < -0.4 is 20.1 Å². The summed E-state index contributed by atoms with van der Waals surface area (Å²) in [5.41, 5.74) is 6.04. The third-order valence-electron chi connectivity index (χ3n) is 3.08. The van der Waals surface area contributed by atoms with Gasteiger partial charge in [-0.15, -0.1) is 0 Å². The van der Waals surface area contributed by atoms with Gasteiger partial charge in [-0.1, -0.05) is 13.8 Å². The van der Waals surface area contributed by atoms with E-state index in [4.69, 9.17) is 15.2 Å². The van der Waals surface area contributed by atoms with Crippen LogP contribution in [0.3, 0.4) is 0 Å². The molecule has 1 heterocycles. The second-order valence-corrected chi connectivity index (χ2v) is 4.87. The number of aromatic nitrogens is 2. The summed E-state index contributed by atoms with van der Waals surface area (Å²) >= 11 is 0. The van der Waals surface area contributed by atoms with Gasteiger partial charge in [-0.05, 0) is 12.3 Å². The average Bonchev–Trinajstić information content (AvgIpc) is 2.43. The maximum Gasteiger partial charge on any atom is 0.231 e. The van der Waals surface area contributed by atoms with E-state index in [0.717, 1.165) is 13.0 Å². The smallest absolute Gasteiger partial charge is 0.231 e. The molecular weight excluding hydrogens is 244 g/mol. The standard InChI is InChI=1S/C13H24N4O2/c1-9(2)10(14)6-7-17(3)13-15-11(18-4)8-12(16-13)19-5/h8-10H,6-7,14H2,1-5H3. The van der Waals surface area contributed by atoms with Gasteiger partial charge < -0.3 is 20.1 Å². The number of nitrogens with two attached hydrogens (primary N) is 1. The molecule has 0 saturated carbocycles. The summed E-state index contributed by atoms with van der Waals surface area (Å²) in [6.07, 6.45) is 0.886. The SMILES string of the molecule is COc1cc(OC)nc(N(C)CCC(N)C(C)C)n1. The molecule has 1 atom stereocenters. The third kappa shape index (κ3) is 4.55. The maximum atomic E-state index is 6.04. The predicted octanol–water partition coefficient (Wildman–Crippen LogP) is 1.30. The summed E-state index contributed by atoms with van der Waals surface area (Å²) in [7, 11) is 5.07. The zero-order valence-electron chi connectivity index (χ0n) is 12.4. The van der Waals surface area contributed by atoms with E-state index in [2.05, 4.69) is 23.8 Å². The highest BCUT2D eigenvalue weighted by Gasteiger charge is 2.13. The van der Waals surface area contributed by atoms with Crippen LogP contribution in [0.4, 0.5) is 5.95 Å². The van der Waals surface area contributed by atoms with Crippen molar-refractivity contribution in [3.8, 4) is 11.8 Å². The molecule has 0 aliphatic carbocycles. The first kappa shape index (κ1) is 15.5. The molecule has 0 bridgehead atoms. The summed E-state index contributed by atoms with van der Waals surface area (Å²) in [6.45, 7) is 5.03. The molecule has 1 rings (SSSR count). The van der Waals surface area contributed by atoms with Crippen LogP contribution in [0.15, 0.2) is 6.07 Å². The van der Waals surface area contributed by atoms with Gasteiger partial charge in [0, 0.05) is 19.6 Å². The van der Waals surface area contributed by atoms with Crippen molar-refractivity contribution in [2.24, 2.45) is 11.7 Å². The number of rotatable bonds is 7. The van der Waals surface area contributed by atoms with Gasteiger partial charge in [0.05, 0.1) is 20.3 Å². The Morgan fingerprint density at radius 2 is 1.74 bits per heavy atom. The van der Waals surface area contributed by atoms with Crippen LogP contribution in [-0.2, 0) is 0 Å². The molecule has 19 heavy (non-hydrogen) atoms. The van der Waals surface area contributed by atoms with Crippen molar-refractivity contribution < 1.29 is 9.47 Å². The maximum absolute atomic E-state index is 6.04. The minimum Gasteiger partial charge on any atom is -0.481 e. The van der Waals surface area contributed by atoms with Gasteiger partial charge in [0.2, 0.25) is 17.7 Å². The fourth-order valence-corrected chi connectivity index (χ4v) is 1.55. The minimum atomic E-state index is 0.176. The largest absolute Gasteiger partial charge is 0.481 e. The highest BCUT2D eigenvalue weighted by atomic mass is 16.5. The van der Waals surface area contributed by atoms with Crippen LogP contribution in [0.25, 0.3) is 0 Å². The van der Waals surface area contributed by atoms with E-state index >= 15 is 0 Å². The monoisotopic (exact) mass is 268 g/mol. The van der Waals surface area contributed by atoms with E-state index in [-0.39, 0.29) is 6.04 Å². The molecule has 0 radical (unpaired) electrons. The molecule has 0 spiro atoms. The number of anilines is 1. The average molecular weight is 268 g/mol. The molecule has 0 aromatic carbocycles. The van der Waals surface area contributed by atoms with E-state index in [1.807, 2.05) is 11.9 Å². The van der Waals surface area contributed by atoms with Gasteiger partial charge in [-0.3, -0.25) is 0 Å². The van der Waals surface area contributed by atoms with Crippen LogP contribution in [0.1, 0.15) is 20.3 Å². The van der Waals surface area contributed by atoms with Crippen molar-refractivity contribution in [1.29, 1.82) is 0 Å². The molecule has 1 unspecified atom stereocenters. The van der Waals surface area contributed by atoms with Crippen molar-refractivity contribution in [2.45, 2.75) is 26.3 Å². The lowest BCUT2D eigenvalue weighted by atomic mass is 10.0. The van der Waals surface area contributed by atoms with Gasteiger partial charge in [-0.25, -0.2) is 0 Å². The normalized spacial score (nSPS) is 12.4. The molecule has 6 nitrogen and oxygen atoms in total. The Bertz CT molecular complexity index is 376. The Morgan fingerprint density at radius 1 is 1.21 bits per heavy atom. The van der Waals surface area contributed by atoms with Crippen molar-refractivity contribution in [3.05, 3.63) is 6.07 Å². The van der Waals surface area contributed by atoms with Gasteiger partial charge in [0.1, 0.15) is 0 Å². The van der Waals surface area contributed by atoms with Crippen LogP contribution >= 0.6 is 0 Å². The van der Waals surface area contributed by atoms with Crippen molar-refractivity contribution >= 4 is 5.95 Å². The Balaban J connectivity index is 2.72. The lowest BCUT2D eigenvalue weighted by molar-refractivity contribution is 0.371. The first-order valence-electron chi connectivity index (χ1n) is 6.41. The Kier molecular flexibility index (Phi) is 5.82. The van der Waals surface area contributed by atoms with Crippen LogP contribution in [0.5, 0.6) is 11.8 Å². The molecule has 6 heteroatoms. The summed E-state index contributed by atoms with van der Waals surface area (Å²) < 4.78 is 10.3. The lowest BCUT2D eigenvalue weighted by Gasteiger charge is -2.21. The van der Waals surface area contributed by atoms with Gasteiger partial charge in [0.25, 0.3) is 0 Å². The molecule has 0 aliphatic rings. The Labute approximate surface area is 114 Å². The summed E-state index contributed by atoms with van der Waals surface area (Å²) in [5.74, 6) is 2.02. The fourth-order valence-electron chi connectivity index (χ4n) is 1.55. The second-order valence-electron chi connectivity index (χ2n) is 4.87. The highest BCUT2D eigenvalue weighted by molar-refractivity contribution is 5.35. The van der Waals surface area contributed by atoms with E-state index < -0.39 is 0 Å². The summed E-state index contributed by atoms with van der Waals surface area (Å²) in [5, 5.41) is 0. The molecule has 2 N–H and O–H groups in total. The quantitative estimate of drug-likeness (QED) is 0.803. The molecule has 0 amide bonds. The van der Waals surface area contributed by atoms with Gasteiger partial charge >= 0.3 is 0 Å². The molecular formula is C13H24N4O2. The molecule has 0 aliphatic heterocycles. The molecule has 0 saturated heterocycles. The third-order valence-corrected chi connectivity index (χ3v) is 3.08. The fraction of sp³-hybridized carbons (Fsp3) is 0.692. The Hall–Kier alpha value is -1.56. The zero-order chi connectivity index (χ0) is 14.4. The number of methoxy groups -OCH3 is 2. The minimum absolute atomic E-state index is 0.176. The van der Waals surface area contributed by atoms with E-state index in [1.54, 1.807) is 20.3 Å². The van der Waals surface area contributed by atoms with E-state index in [1.165, 1.54) is 0 Å². The van der Waals surface area contributed by atoms with Crippen LogP contribution in [0.2, 0.25) is 0 Å². The highest BCUT2D eigenvalue weighted by Crippen LogP contribution is 2.19. The van der Waals surface area contributed by atoms with E-state index in [0.29, 0.717) is 23.6 Å². The van der Waals surface area contributed by atoms with Gasteiger partial charge in [0.15, 0.2) is 0 Å². The molecule has 1 aromatic heterocycles. The second kappa shape index (κ2) is 7.13. The number of ether oxygens (including phenoxy) is 2. The summed E-state index contributed by atoms with van der Waals surface area (Å²) in [6, 6.07) is 1.83. The van der Waals surface area contributed by atoms with Crippen LogP contribution in [0, 0.1) is 5.92 Å². The number of hydrogen-bond donors (Lipinski definition) is 1. The molecule has 108 valence electrons. The van der Waals surface area contributed by atoms with E-state index in [9.17, 15) is 0 Å². The summed E-state index contributed by atoms with van der Waals surface area (Å²) in [4.78, 5) is 10.5. The number of nitrogens with zero attached hydrogens (tertiary/aromatic N) is 3. The predicted molar refractivity (Wildman–Crippen MR) is 75.8 cm³/mol. The first-order chi connectivity index (χ1) is 8.97. The lowest BCUT2D eigenvalue weighted by Crippen LogP contribution is -2.32.